The maximum Gasteiger partial charge on any atom is 0.185 e. The summed E-state index contributed by atoms with van der Waals surface area (Å²) in [6.45, 7) is 9.39. The van der Waals surface area contributed by atoms with E-state index in [1.807, 2.05) is 6.20 Å². The van der Waals surface area contributed by atoms with E-state index in [9.17, 15) is 0 Å². The quantitative estimate of drug-likeness (QED) is 0.774. The smallest absolute Gasteiger partial charge is 0.185 e. The topological polar surface area (TPSA) is 28.2 Å². The largest absolute Gasteiger partial charge is 0.349 e. The fraction of sp³-hybridized carbons (Fsp3) is 0.438. The van der Waals surface area contributed by atoms with Crippen molar-refractivity contribution in [1.29, 1.82) is 0 Å². The Balaban J connectivity index is 1.92. The Morgan fingerprint density at radius 1 is 1.24 bits per heavy atom. The van der Waals surface area contributed by atoms with E-state index in [0.29, 0.717) is 6.04 Å². The van der Waals surface area contributed by atoms with Gasteiger partial charge in [-0.15, -0.1) is 11.3 Å². The molecule has 0 aliphatic carbocycles. The number of hydrogen-bond acceptors (Lipinski definition) is 4. The average Bonchev–Trinajstić information content (AvgIpc) is 2.96. The fourth-order valence-electron chi connectivity index (χ4n) is 2.14. The number of anilines is 1. The summed E-state index contributed by atoms with van der Waals surface area (Å²) < 4.78 is 1.12. The van der Waals surface area contributed by atoms with Crippen LogP contribution in [0.5, 0.6) is 0 Å². The highest BCUT2D eigenvalue weighted by Crippen LogP contribution is 2.23. The van der Waals surface area contributed by atoms with Crippen LogP contribution in [0.15, 0.2) is 34.9 Å². The third-order valence-electron chi connectivity index (χ3n) is 3.53. The van der Waals surface area contributed by atoms with E-state index in [1.54, 1.807) is 11.3 Å². The summed E-state index contributed by atoms with van der Waals surface area (Å²) in [4.78, 5) is 8.08. The summed E-state index contributed by atoms with van der Waals surface area (Å²) in [5, 5.41) is 4.68. The van der Waals surface area contributed by atoms with Gasteiger partial charge in [-0.2, -0.15) is 0 Å². The number of hydrogen-bond donors (Lipinski definition) is 1. The number of thiazole rings is 1. The predicted molar refractivity (Wildman–Crippen MR) is 95.1 cm³/mol. The lowest BCUT2D eigenvalue weighted by atomic mass is 10.1. The van der Waals surface area contributed by atoms with Gasteiger partial charge in [0.1, 0.15) is 0 Å². The molecule has 0 saturated heterocycles. The van der Waals surface area contributed by atoms with Gasteiger partial charge in [-0.25, -0.2) is 4.98 Å². The Morgan fingerprint density at radius 3 is 2.52 bits per heavy atom. The van der Waals surface area contributed by atoms with Gasteiger partial charge in [0, 0.05) is 41.2 Å². The van der Waals surface area contributed by atoms with Crippen LogP contribution in [0, 0.1) is 0 Å². The van der Waals surface area contributed by atoms with Gasteiger partial charge >= 0.3 is 0 Å². The molecule has 1 unspecified atom stereocenters. The molecule has 0 aliphatic rings. The van der Waals surface area contributed by atoms with Crippen LogP contribution in [0.1, 0.15) is 37.3 Å². The minimum Gasteiger partial charge on any atom is -0.349 e. The lowest BCUT2D eigenvalue weighted by molar-refractivity contribution is 0.578. The van der Waals surface area contributed by atoms with Crippen LogP contribution < -0.4 is 10.2 Å². The number of nitrogens with one attached hydrogen (secondary N) is 1. The van der Waals surface area contributed by atoms with E-state index in [-0.39, 0.29) is 0 Å². The second-order valence-corrected chi connectivity index (χ2v) is 6.94. The molecule has 0 radical (unpaired) electrons. The van der Waals surface area contributed by atoms with Crippen molar-refractivity contribution < 1.29 is 0 Å². The molecule has 0 saturated carbocycles. The minimum atomic E-state index is 0.331. The molecule has 0 spiro atoms. The summed E-state index contributed by atoms with van der Waals surface area (Å²) >= 11 is 5.24. The van der Waals surface area contributed by atoms with Gasteiger partial charge in [0.15, 0.2) is 5.13 Å². The van der Waals surface area contributed by atoms with E-state index in [0.717, 1.165) is 29.2 Å². The first kappa shape index (κ1) is 16.5. The first-order valence-electron chi connectivity index (χ1n) is 7.32. The predicted octanol–water partition coefficient (Wildman–Crippen LogP) is 4.60. The molecule has 1 N–H and O–H groups in total. The zero-order valence-electron chi connectivity index (χ0n) is 12.8. The van der Waals surface area contributed by atoms with Gasteiger partial charge < -0.3 is 10.2 Å². The van der Waals surface area contributed by atoms with Crippen LogP contribution in [0.2, 0.25) is 0 Å². The summed E-state index contributed by atoms with van der Waals surface area (Å²) in [5.74, 6) is 0. The summed E-state index contributed by atoms with van der Waals surface area (Å²) in [6.07, 6.45) is 1.99. The summed E-state index contributed by atoms with van der Waals surface area (Å²) in [5.41, 5.74) is 1.30. The molecule has 1 aromatic heterocycles. The van der Waals surface area contributed by atoms with Crippen LogP contribution in [0.3, 0.4) is 0 Å². The van der Waals surface area contributed by atoms with Crippen LogP contribution in [0.25, 0.3) is 0 Å². The van der Waals surface area contributed by atoms with Gasteiger partial charge in [-0.05, 0) is 38.5 Å². The fourth-order valence-corrected chi connectivity index (χ4v) is 3.39. The number of rotatable bonds is 7. The number of nitrogens with zero attached hydrogens (tertiary/aromatic N) is 2. The zero-order chi connectivity index (χ0) is 15.2. The molecule has 1 aromatic carbocycles. The van der Waals surface area contributed by atoms with E-state index >= 15 is 0 Å². The maximum absolute atomic E-state index is 4.52. The normalized spacial score (nSPS) is 12.4. The highest BCUT2D eigenvalue weighted by atomic mass is 79.9. The Bertz CT molecular complexity index is 549. The Morgan fingerprint density at radius 2 is 1.90 bits per heavy atom. The van der Waals surface area contributed by atoms with Gasteiger partial charge in [0.2, 0.25) is 0 Å². The Kier molecular flexibility index (Phi) is 6.21. The molecule has 1 atom stereocenters. The molecular weight excluding hydrogens is 346 g/mol. The second-order valence-electron chi connectivity index (χ2n) is 4.94. The standard InChI is InChI=1S/C16H22BrN3S/c1-4-20(5-2)16-19-11-15(21-16)10-18-12(3)13-6-8-14(17)9-7-13/h6-9,11-12,18H,4-5,10H2,1-3H3. The van der Waals surface area contributed by atoms with Gasteiger partial charge in [0.05, 0.1) is 0 Å². The molecule has 0 bridgehead atoms. The van der Waals surface area contributed by atoms with Crippen molar-refractivity contribution in [1.82, 2.24) is 10.3 Å². The van der Waals surface area contributed by atoms with Gasteiger partial charge in [-0.3, -0.25) is 0 Å². The van der Waals surface area contributed by atoms with Crippen molar-refractivity contribution in [2.45, 2.75) is 33.4 Å². The van der Waals surface area contributed by atoms with Crippen LogP contribution in [-0.2, 0) is 6.54 Å². The summed E-state index contributed by atoms with van der Waals surface area (Å²) in [7, 11) is 0. The van der Waals surface area contributed by atoms with Crippen molar-refractivity contribution in [2.75, 3.05) is 18.0 Å². The molecular formula is C16H22BrN3S. The monoisotopic (exact) mass is 367 g/mol. The minimum absolute atomic E-state index is 0.331. The third kappa shape index (κ3) is 4.53. The highest BCUT2D eigenvalue weighted by molar-refractivity contribution is 9.10. The van der Waals surface area contributed by atoms with Crippen molar-refractivity contribution >= 4 is 32.4 Å². The van der Waals surface area contributed by atoms with E-state index in [1.165, 1.54) is 10.4 Å². The van der Waals surface area contributed by atoms with Crippen molar-refractivity contribution in [3.8, 4) is 0 Å². The van der Waals surface area contributed by atoms with E-state index < -0.39 is 0 Å². The van der Waals surface area contributed by atoms with Crippen LogP contribution >= 0.6 is 27.3 Å². The first-order chi connectivity index (χ1) is 10.1. The van der Waals surface area contributed by atoms with Crippen molar-refractivity contribution in [3.63, 3.8) is 0 Å². The van der Waals surface area contributed by atoms with E-state index in [4.69, 9.17) is 0 Å². The molecule has 3 nitrogen and oxygen atoms in total. The molecule has 114 valence electrons. The van der Waals surface area contributed by atoms with Crippen molar-refractivity contribution in [3.05, 3.63) is 45.4 Å². The Labute approximate surface area is 139 Å². The molecule has 0 fully saturated rings. The highest BCUT2D eigenvalue weighted by Gasteiger charge is 2.09. The SMILES string of the molecule is CCN(CC)c1ncc(CNC(C)c2ccc(Br)cc2)s1. The van der Waals surface area contributed by atoms with E-state index in [2.05, 4.69) is 76.2 Å². The molecule has 2 rings (SSSR count). The molecule has 0 aliphatic heterocycles. The first-order valence-corrected chi connectivity index (χ1v) is 8.93. The lowest BCUT2D eigenvalue weighted by Gasteiger charge is -2.16. The maximum atomic E-state index is 4.52. The third-order valence-corrected chi connectivity index (χ3v) is 5.11. The summed E-state index contributed by atoms with van der Waals surface area (Å²) in [6, 6.07) is 8.79. The molecule has 0 amide bonds. The zero-order valence-corrected chi connectivity index (χ0v) is 15.2. The number of benzene rings is 1. The molecule has 5 heteroatoms. The second kappa shape index (κ2) is 7.92. The number of aromatic nitrogens is 1. The number of halogens is 1. The lowest BCUT2D eigenvalue weighted by Crippen LogP contribution is -2.21. The van der Waals surface area contributed by atoms with Crippen molar-refractivity contribution in [2.24, 2.45) is 0 Å². The molecule has 21 heavy (non-hydrogen) atoms. The Hall–Kier alpha value is -0.910. The van der Waals surface area contributed by atoms with Gasteiger partial charge in [-0.1, -0.05) is 28.1 Å². The molecule has 1 heterocycles. The van der Waals surface area contributed by atoms with Gasteiger partial charge in [0.25, 0.3) is 0 Å². The van der Waals surface area contributed by atoms with Crippen LogP contribution in [-0.4, -0.2) is 18.1 Å². The average molecular weight is 368 g/mol. The molecule has 2 aromatic rings. The van der Waals surface area contributed by atoms with Crippen LogP contribution in [0.4, 0.5) is 5.13 Å².